The highest BCUT2D eigenvalue weighted by atomic mass is 35.5. The zero-order valence-electron chi connectivity index (χ0n) is 11.0. The molecule has 2 aromatic rings. The lowest BCUT2D eigenvalue weighted by atomic mass is 10.2. The standard InChI is InChI=1S/C14H16ClN3O2/c1-20-10-4-2-9(3-5-10)8-18(17)12-7-6-11(15)14(19)13(12)16/h2-7,19H,8,16-17H2,1H3. The summed E-state index contributed by atoms with van der Waals surface area (Å²) in [5, 5.41) is 11.4. The maximum atomic E-state index is 9.71. The zero-order chi connectivity index (χ0) is 14.7. The molecule has 0 saturated heterocycles. The van der Waals surface area contributed by atoms with Crippen molar-refractivity contribution in [3.05, 3.63) is 47.0 Å². The van der Waals surface area contributed by atoms with Crippen LogP contribution in [-0.4, -0.2) is 12.2 Å². The summed E-state index contributed by atoms with van der Waals surface area (Å²) in [5.74, 6) is 6.61. The number of hydrazine groups is 1. The van der Waals surface area contributed by atoms with Gasteiger partial charge >= 0.3 is 0 Å². The van der Waals surface area contributed by atoms with E-state index in [0.717, 1.165) is 11.3 Å². The molecule has 2 rings (SSSR count). The monoisotopic (exact) mass is 293 g/mol. The second-order valence-electron chi connectivity index (χ2n) is 4.30. The summed E-state index contributed by atoms with van der Waals surface area (Å²) in [5.41, 5.74) is 7.47. The molecule has 0 aliphatic carbocycles. The van der Waals surface area contributed by atoms with Crippen LogP contribution < -0.4 is 21.3 Å². The van der Waals surface area contributed by atoms with E-state index >= 15 is 0 Å². The largest absolute Gasteiger partial charge is 0.504 e. The fraction of sp³-hybridized carbons (Fsp3) is 0.143. The third kappa shape index (κ3) is 2.89. The highest BCUT2D eigenvalue weighted by Crippen LogP contribution is 2.36. The molecule has 0 unspecified atom stereocenters. The molecule has 0 heterocycles. The van der Waals surface area contributed by atoms with E-state index in [1.807, 2.05) is 24.3 Å². The number of ether oxygens (including phenoxy) is 1. The van der Waals surface area contributed by atoms with Crippen molar-refractivity contribution in [1.29, 1.82) is 0 Å². The molecular formula is C14H16ClN3O2. The normalized spacial score (nSPS) is 10.3. The van der Waals surface area contributed by atoms with Gasteiger partial charge in [-0.15, -0.1) is 0 Å². The highest BCUT2D eigenvalue weighted by molar-refractivity contribution is 6.32. The Kier molecular flexibility index (Phi) is 4.22. The van der Waals surface area contributed by atoms with E-state index in [1.54, 1.807) is 19.2 Å². The molecule has 0 saturated carbocycles. The van der Waals surface area contributed by atoms with E-state index in [0.29, 0.717) is 12.2 Å². The van der Waals surface area contributed by atoms with E-state index in [9.17, 15) is 5.11 Å². The van der Waals surface area contributed by atoms with Crippen LogP contribution in [0.5, 0.6) is 11.5 Å². The van der Waals surface area contributed by atoms with Crippen molar-refractivity contribution in [2.45, 2.75) is 6.54 Å². The van der Waals surface area contributed by atoms with Crippen molar-refractivity contribution in [2.75, 3.05) is 17.9 Å². The molecule has 0 fully saturated rings. The Balaban J connectivity index is 2.19. The van der Waals surface area contributed by atoms with Crippen molar-refractivity contribution in [3.8, 4) is 11.5 Å². The van der Waals surface area contributed by atoms with E-state index in [4.69, 9.17) is 27.9 Å². The number of anilines is 2. The van der Waals surface area contributed by atoms with Gasteiger partial charge in [0.1, 0.15) is 11.4 Å². The Morgan fingerprint density at radius 1 is 1.20 bits per heavy atom. The van der Waals surface area contributed by atoms with Crippen LogP contribution in [0, 0.1) is 0 Å². The zero-order valence-corrected chi connectivity index (χ0v) is 11.8. The van der Waals surface area contributed by atoms with Crippen molar-refractivity contribution in [1.82, 2.24) is 0 Å². The van der Waals surface area contributed by atoms with Crippen LogP contribution >= 0.6 is 11.6 Å². The number of hydrogen-bond acceptors (Lipinski definition) is 5. The van der Waals surface area contributed by atoms with Gasteiger partial charge in [-0.3, -0.25) is 0 Å². The molecule has 106 valence electrons. The van der Waals surface area contributed by atoms with Gasteiger partial charge < -0.3 is 20.6 Å². The molecule has 0 aliphatic heterocycles. The van der Waals surface area contributed by atoms with Gasteiger partial charge in [-0.05, 0) is 29.8 Å². The van der Waals surface area contributed by atoms with E-state index in [-0.39, 0.29) is 16.5 Å². The van der Waals surface area contributed by atoms with E-state index < -0.39 is 0 Å². The molecule has 0 atom stereocenters. The van der Waals surface area contributed by atoms with Gasteiger partial charge in [0, 0.05) is 0 Å². The summed E-state index contributed by atoms with van der Waals surface area (Å²) in [7, 11) is 1.61. The summed E-state index contributed by atoms with van der Waals surface area (Å²) >= 11 is 5.78. The van der Waals surface area contributed by atoms with Crippen molar-refractivity contribution in [3.63, 3.8) is 0 Å². The average molecular weight is 294 g/mol. The maximum Gasteiger partial charge on any atom is 0.159 e. The van der Waals surface area contributed by atoms with Gasteiger partial charge in [0.15, 0.2) is 5.75 Å². The molecule has 6 heteroatoms. The molecule has 5 nitrogen and oxygen atoms in total. The van der Waals surface area contributed by atoms with Crippen LogP contribution in [0.4, 0.5) is 11.4 Å². The molecule has 0 amide bonds. The van der Waals surface area contributed by atoms with Gasteiger partial charge in [-0.1, -0.05) is 23.7 Å². The molecule has 0 bridgehead atoms. The van der Waals surface area contributed by atoms with E-state index in [1.165, 1.54) is 5.01 Å². The van der Waals surface area contributed by atoms with Gasteiger partial charge in [0.25, 0.3) is 0 Å². The number of methoxy groups -OCH3 is 1. The maximum absolute atomic E-state index is 9.71. The summed E-state index contributed by atoms with van der Waals surface area (Å²) in [6.45, 7) is 0.440. The van der Waals surface area contributed by atoms with Crippen LogP contribution in [0.25, 0.3) is 0 Å². The SMILES string of the molecule is COc1ccc(CN(N)c2ccc(Cl)c(O)c2N)cc1. The number of phenolic OH excluding ortho intramolecular Hbond substituents is 1. The van der Waals surface area contributed by atoms with Gasteiger partial charge in [-0.25, -0.2) is 5.84 Å². The number of hydrogen-bond donors (Lipinski definition) is 3. The van der Waals surface area contributed by atoms with Gasteiger partial charge in [-0.2, -0.15) is 0 Å². The third-order valence-corrected chi connectivity index (χ3v) is 3.27. The fourth-order valence-corrected chi connectivity index (χ4v) is 2.00. The predicted molar refractivity (Wildman–Crippen MR) is 80.9 cm³/mol. The van der Waals surface area contributed by atoms with Gasteiger partial charge in [0.05, 0.1) is 24.4 Å². The smallest absolute Gasteiger partial charge is 0.159 e. The first-order chi connectivity index (χ1) is 9.52. The molecule has 0 spiro atoms. The third-order valence-electron chi connectivity index (χ3n) is 2.97. The Bertz CT molecular complexity index is 602. The molecular weight excluding hydrogens is 278 g/mol. The van der Waals surface area contributed by atoms with Gasteiger partial charge in [0.2, 0.25) is 0 Å². The minimum Gasteiger partial charge on any atom is -0.504 e. The number of halogens is 1. The number of aromatic hydroxyl groups is 1. The molecule has 5 N–H and O–H groups in total. The average Bonchev–Trinajstić information content (AvgIpc) is 2.45. The number of phenols is 1. The molecule has 2 aromatic carbocycles. The second-order valence-corrected chi connectivity index (χ2v) is 4.71. The second kappa shape index (κ2) is 5.90. The number of nitrogens with zero attached hydrogens (tertiary/aromatic N) is 1. The van der Waals surface area contributed by atoms with Crippen LogP contribution in [0.15, 0.2) is 36.4 Å². The predicted octanol–water partition coefficient (Wildman–Crippen LogP) is 2.52. The molecule has 20 heavy (non-hydrogen) atoms. The number of nitrogen functional groups attached to an aromatic ring is 1. The first-order valence-corrected chi connectivity index (χ1v) is 6.33. The minimum absolute atomic E-state index is 0.158. The topological polar surface area (TPSA) is 84.7 Å². The quantitative estimate of drug-likeness (QED) is 0.349. The number of rotatable bonds is 4. The fourth-order valence-electron chi connectivity index (χ4n) is 1.83. The molecule has 0 aromatic heterocycles. The Hall–Kier alpha value is -2.11. The molecule has 0 aliphatic rings. The summed E-state index contributed by atoms with van der Waals surface area (Å²) in [4.78, 5) is 0. The van der Waals surface area contributed by atoms with E-state index in [2.05, 4.69) is 0 Å². The summed E-state index contributed by atoms with van der Waals surface area (Å²) < 4.78 is 5.09. The minimum atomic E-state index is -0.158. The number of benzene rings is 2. The number of nitrogens with two attached hydrogens (primary N) is 2. The summed E-state index contributed by atoms with van der Waals surface area (Å²) in [6, 6.07) is 10.7. The Morgan fingerprint density at radius 2 is 1.85 bits per heavy atom. The lowest BCUT2D eigenvalue weighted by Crippen LogP contribution is -2.30. The van der Waals surface area contributed by atoms with Crippen LogP contribution in [-0.2, 0) is 6.54 Å². The lowest BCUT2D eigenvalue weighted by Gasteiger charge is -2.21. The van der Waals surface area contributed by atoms with Crippen LogP contribution in [0.1, 0.15) is 5.56 Å². The lowest BCUT2D eigenvalue weighted by molar-refractivity contribution is 0.414. The molecule has 0 radical (unpaired) electrons. The van der Waals surface area contributed by atoms with Crippen molar-refractivity contribution >= 4 is 23.0 Å². The first-order valence-electron chi connectivity index (χ1n) is 5.95. The first kappa shape index (κ1) is 14.3. The Morgan fingerprint density at radius 3 is 2.45 bits per heavy atom. The van der Waals surface area contributed by atoms with Crippen molar-refractivity contribution in [2.24, 2.45) is 5.84 Å². The Labute approximate surface area is 122 Å². The van der Waals surface area contributed by atoms with Crippen LogP contribution in [0.2, 0.25) is 5.02 Å². The highest BCUT2D eigenvalue weighted by Gasteiger charge is 2.12. The van der Waals surface area contributed by atoms with Crippen LogP contribution in [0.3, 0.4) is 0 Å². The van der Waals surface area contributed by atoms with Crippen molar-refractivity contribution < 1.29 is 9.84 Å². The summed E-state index contributed by atoms with van der Waals surface area (Å²) in [6.07, 6.45) is 0.